The molecule has 2 aliphatic rings. The highest BCUT2D eigenvalue weighted by atomic mass is 32.1. The molecule has 0 saturated carbocycles. The molecule has 0 amide bonds. The molecule has 1 aliphatic heterocycles. The van der Waals surface area contributed by atoms with E-state index in [1.807, 2.05) is 42.5 Å². The topological polar surface area (TPSA) is 130 Å². The first kappa shape index (κ1) is 27.2. The van der Waals surface area contributed by atoms with Gasteiger partial charge in [-0.2, -0.15) is 0 Å². The predicted molar refractivity (Wildman–Crippen MR) is 165 cm³/mol. The van der Waals surface area contributed by atoms with Crippen molar-refractivity contribution in [2.75, 3.05) is 0 Å². The number of nitro groups is 2. The summed E-state index contributed by atoms with van der Waals surface area (Å²) in [5.74, 6) is 0.0986. The Bertz CT molecular complexity index is 2200. The normalized spacial score (nSPS) is 15.5. The van der Waals surface area contributed by atoms with Gasteiger partial charge >= 0.3 is 5.69 Å². The molecule has 1 aliphatic carbocycles. The van der Waals surface area contributed by atoms with Gasteiger partial charge in [-0.3, -0.25) is 29.6 Å². The summed E-state index contributed by atoms with van der Waals surface area (Å²) in [6.07, 6.45) is 3.33. The predicted octanol–water partition coefficient (Wildman–Crippen LogP) is 5.93. The molecule has 1 aromatic heterocycles. The first-order valence-electron chi connectivity index (χ1n) is 13.8. The van der Waals surface area contributed by atoms with E-state index in [9.17, 15) is 25.0 Å². The fourth-order valence-electron chi connectivity index (χ4n) is 5.76. The number of hydrogen-bond donors (Lipinski definition) is 0. The van der Waals surface area contributed by atoms with Crippen molar-refractivity contribution < 1.29 is 14.6 Å². The minimum Gasteiger partial charge on any atom is -0.449 e. The van der Waals surface area contributed by atoms with Gasteiger partial charge in [-0.15, -0.1) is 0 Å². The summed E-state index contributed by atoms with van der Waals surface area (Å²) in [6, 6.07) is 27.9. The number of para-hydroxylation sites is 1. The van der Waals surface area contributed by atoms with Crippen molar-refractivity contribution in [3.63, 3.8) is 0 Å². The van der Waals surface area contributed by atoms with Crippen molar-refractivity contribution in [3.05, 3.63) is 165 Å². The molecule has 0 N–H and O–H groups in total. The van der Waals surface area contributed by atoms with Crippen molar-refractivity contribution in [1.82, 2.24) is 4.57 Å². The smallest absolute Gasteiger partial charge is 0.318 e. The summed E-state index contributed by atoms with van der Waals surface area (Å²) < 4.78 is 8.10. The van der Waals surface area contributed by atoms with Crippen LogP contribution >= 0.6 is 11.3 Å². The van der Waals surface area contributed by atoms with E-state index in [1.54, 1.807) is 34.9 Å². The molecule has 11 heteroatoms. The van der Waals surface area contributed by atoms with Gasteiger partial charge in [0.15, 0.2) is 4.80 Å². The Kier molecular flexibility index (Phi) is 6.71. The fraction of sp³-hybridized carbons (Fsp3) is 0.0909. The Morgan fingerprint density at radius 2 is 1.61 bits per heavy atom. The Morgan fingerprint density at radius 1 is 0.864 bits per heavy atom. The maximum absolute atomic E-state index is 14.1. The molecule has 4 aromatic carbocycles. The van der Waals surface area contributed by atoms with Crippen molar-refractivity contribution >= 4 is 34.5 Å². The number of benzene rings is 4. The lowest BCUT2D eigenvalue weighted by Gasteiger charge is -2.30. The van der Waals surface area contributed by atoms with Crippen molar-refractivity contribution in [3.8, 4) is 11.5 Å². The van der Waals surface area contributed by atoms with E-state index in [4.69, 9.17) is 9.73 Å². The highest BCUT2D eigenvalue weighted by Gasteiger charge is 2.32. The van der Waals surface area contributed by atoms with Crippen LogP contribution in [0.5, 0.6) is 11.5 Å². The van der Waals surface area contributed by atoms with Crippen LogP contribution in [0.4, 0.5) is 11.4 Å². The monoisotopic (exact) mass is 602 g/mol. The van der Waals surface area contributed by atoms with Gasteiger partial charge < -0.3 is 4.74 Å². The third kappa shape index (κ3) is 4.69. The summed E-state index contributed by atoms with van der Waals surface area (Å²) in [4.78, 5) is 41.1. The number of ether oxygens (including phenoxy) is 1. The van der Waals surface area contributed by atoms with Crippen LogP contribution in [0.1, 0.15) is 34.7 Å². The number of allylic oxidation sites excluding steroid dienone is 1. The maximum Gasteiger partial charge on any atom is 0.318 e. The zero-order valence-electron chi connectivity index (χ0n) is 23.0. The van der Waals surface area contributed by atoms with E-state index in [-0.39, 0.29) is 23.1 Å². The average molecular weight is 603 g/mol. The second kappa shape index (κ2) is 10.9. The molecule has 1 atom stereocenters. The fourth-order valence-corrected chi connectivity index (χ4v) is 6.75. The number of aryl methyl sites for hydroxylation is 1. The largest absolute Gasteiger partial charge is 0.449 e. The van der Waals surface area contributed by atoms with Crippen LogP contribution in [0.2, 0.25) is 0 Å². The third-order valence-electron chi connectivity index (χ3n) is 7.76. The van der Waals surface area contributed by atoms with E-state index in [0.29, 0.717) is 14.9 Å². The molecule has 0 fully saturated rings. The van der Waals surface area contributed by atoms with Crippen LogP contribution in [0.15, 0.2) is 112 Å². The van der Waals surface area contributed by atoms with Crippen LogP contribution in [0, 0.1) is 20.2 Å². The Balaban J connectivity index is 1.37. The van der Waals surface area contributed by atoms with Crippen LogP contribution in [-0.2, 0) is 6.42 Å². The SMILES string of the molecule is O=c1/c(=C/c2ccccc2Oc2ccc([N+](=O)[O-])cc2[N+](=O)[O-])sc2n1[C@@H](c1ccccc1)C1=C(N=2)c2ccccc2CC1. The first-order valence-corrected chi connectivity index (χ1v) is 14.6. The van der Waals surface area contributed by atoms with E-state index >= 15 is 0 Å². The van der Waals surface area contributed by atoms with Gasteiger partial charge in [0.05, 0.1) is 32.2 Å². The van der Waals surface area contributed by atoms with Crippen LogP contribution in [0.25, 0.3) is 11.8 Å². The van der Waals surface area contributed by atoms with Gasteiger partial charge in [0.25, 0.3) is 11.2 Å². The number of fused-ring (bicyclic) bond motifs is 3. The average Bonchev–Trinajstić information content (AvgIpc) is 3.35. The maximum atomic E-state index is 14.1. The molecule has 2 heterocycles. The summed E-state index contributed by atoms with van der Waals surface area (Å²) in [5, 5.41) is 22.9. The van der Waals surface area contributed by atoms with E-state index in [0.717, 1.165) is 47.4 Å². The van der Waals surface area contributed by atoms with Gasteiger partial charge in [-0.25, -0.2) is 4.99 Å². The van der Waals surface area contributed by atoms with E-state index < -0.39 is 21.2 Å². The number of nitrogens with zero attached hydrogens (tertiary/aromatic N) is 4. The second-order valence-corrected chi connectivity index (χ2v) is 11.3. The first-order chi connectivity index (χ1) is 21.4. The number of thiazole rings is 1. The lowest BCUT2D eigenvalue weighted by Crippen LogP contribution is -2.38. The Labute approximate surface area is 253 Å². The molecule has 10 nitrogen and oxygen atoms in total. The summed E-state index contributed by atoms with van der Waals surface area (Å²) in [7, 11) is 0. The summed E-state index contributed by atoms with van der Waals surface area (Å²) in [6.45, 7) is 0. The van der Waals surface area contributed by atoms with Gasteiger partial charge in [0, 0.05) is 17.2 Å². The quantitative estimate of drug-likeness (QED) is 0.175. The molecular formula is C33H22N4O6S. The molecule has 5 aromatic rings. The Morgan fingerprint density at radius 3 is 2.41 bits per heavy atom. The molecule has 216 valence electrons. The minimum absolute atomic E-state index is 0.154. The highest BCUT2D eigenvalue weighted by Crippen LogP contribution is 2.41. The summed E-state index contributed by atoms with van der Waals surface area (Å²) in [5.41, 5.74) is 4.66. The standard InChI is InChI=1S/C33H22N4O6S/c38-32-29(18-22-11-5-7-13-27(22)43-28-17-15-23(36(39)40)19-26(28)37(41)42)44-33-34-30-24-12-6-4-8-20(24)14-16-25(30)31(35(32)33)21-9-2-1-3-10-21/h1-13,15,17-19,31H,14,16H2/b29-18-/t31-/m0/s1. The number of rotatable bonds is 6. The number of non-ortho nitro benzene ring substituents is 1. The molecule has 44 heavy (non-hydrogen) atoms. The number of hydrogen-bond acceptors (Lipinski definition) is 8. The van der Waals surface area contributed by atoms with Gasteiger partial charge in [-0.05, 0) is 47.8 Å². The zero-order valence-corrected chi connectivity index (χ0v) is 23.8. The van der Waals surface area contributed by atoms with Crippen LogP contribution < -0.4 is 19.6 Å². The summed E-state index contributed by atoms with van der Waals surface area (Å²) >= 11 is 1.27. The van der Waals surface area contributed by atoms with Gasteiger partial charge in [0.2, 0.25) is 5.75 Å². The van der Waals surface area contributed by atoms with Crippen LogP contribution in [0.3, 0.4) is 0 Å². The van der Waals surface area contributed by atoms with Crippen molar-refractivity contribution in [2.45, 2.75) is 18.9 Å². The molecule has 0 unspecified atom stereocenters. The minimum atomic E-state index is -0.730. The third-order valence-corrected chi connectivity index (χ3v) is 8.75. The number of aromatic nitrogens is 1. The molecule has 0 radical (unpaired) electrons. The molecule has 7 rings (SSSR count). The van der Waals surface area contributed by atoms with Crippen molar-refractivity contribution in [2.24, 2.45) is 4.99 Å². The zero-order chi connectivity index (χ0) is 30.4. The Hall–Kier alpha value is -5.68. The van der Waals surface area contributed by atoms with Gasteiger partial charge in [-0.1, -0.05) is 84.1 Å². The molecule has 0 bridgehead atoms. The van der Waals surface area contributed by atoms with E-state index in [1.165, 1.54) is 23.0 Å². The van der Waals surface area contributed by atoms with Crippen molar-refractivity contribution in [1.29, 1.82) is 0 Å². The molecule has 0 spiro atoms. The molecular weight excluding hydrogens is 580 g/mol. The number of nitro benzene ring substituents is 2. The lowest BCUT2D eigenvalue weighted by atomic mass is 9.83. The highest BCUT2D eigenvalue weighted by molar-refractivity contribution is 7.07. The van der Waals surface area contributed by atoms with E-state index in [2.05, 4.69) is 12.1 Å². The van der Waals surface area contributed by atoms with Crippen LogP contribution in [-0.4, -0.2) is 14.4 Å². The van der Waals surface area contributed by atoms with Gasteiger partial charge in [0.1, 0.15) is 5.75 Å². The molecule has 0 saturated heterocycles. The lowest BCUT2D eigenvalue weighted by molar-refractivity contribution is -0.394. The second-order valence-electron chi connectivity index (χ2n) is 10.3.